The molecule has 5 heteroatoms. The number of nitrogens with one attached hydrogen (secondary N) is 1. The van der Waals surface area contributed by atoms with Crippen molar-refractivity contribution in [1.82, 2.24) is 14.9 Å². The highest BCUT2D eigenvalue weighted by atomic mass is 16.5. The summed E-state index contributed by atoms with van der Waals surface area (Å²) in [6.07, 6.45) is 7.50. The molecular formula is C15H26N4O. The molecule has 0 bridgehead atoms. The van der Waals surface area contributed by atoms with E-state index >= 15 is 0 Å². The van der Waals surface area contributed by atoms with Gasteiger partial charge in [0.2, 0.25) is 0 Å². The maximum atomic E-state index is 5.67. The lowest BCUT2D eigenvalue weighted by Crippen LogP contribution is -2.36. The van der Waals surface area contributed by atoms with Gasteiger partial charge in [-0.1, -0.05) is 6.92 Å². The first-order chi connectivity index (χ1) is 9.81. The largest absolute Gasteiger partial charge is 0.378 e. The van der Waals surface area contributed by atoms with E-state index in [1.165, 1.54) is 0 Å². The highest BCUT2D eigenvalue weighted by Crippen LogP contribution is 2.15. The first kappa shape index (κ1) is 15.2. The molecule has 1 saturated heterocycles. The fourth-order valence-corrected chi connectivity index (χ4v) is 2.48. The predicted molar refractivity (Wildman–Crippen MR) is 80.7 cm³/mol. The monoisotopic (exact) mass is 278 g/mol. The molecule has 0 aromatic carbocycles. The SMILES string of the molecule is CCCNc1cnc(CN2CCC(OCC)CC2)cn1. The Morgan fingerprint density at radius 1 is 1.25 bits per heavy atom. The van der Waals surface area contributed by atoms with Crippen LogP contribution in [0, 0.1) is 0 Å². The van der Waals surface area contributed by atoms with Crippen molar-refractivity contribution in [3.8, 4) is 0 Å². The van der Waals surface area contributed by atoms with Crippen LogP contribution in [0.5, 0.6) is 0 Å². The quantitative estimate of drug-likeness (QED) is 0.829. The third-order valence-electron chi connectivity index (χ3n) is 3.58. The van der Waals surface area contributed by atoms with Gasteiger partial charge in [-0.25, -0.2) is 4.98 Å². The Morgan fingerprint density at radius 3 is 2.65 bits per heavy atom. The second kappa shape index (κ2) is 8.17. The molecule has 1 aromatic heterocycles. The number of ether oxygens (including phenoxy) is 1. The molecular weight excluding hydrogens is 252 g/mol. The maximum Gasteiger partial charge on any atom is 0.144 e. The van der Waals surface area contributed by atoms with Crippen molar-refractivity contribution in [3.63, 3.8) is 0 Å². The number of hydrogen-bond acceptors (Lipinski definition) is 5. The molecule has 0 atom stereocenters. The zero-order valence-electron chi connectivity index (χ0n) is 12.6. The van der Waals surface area contributed by atoms with Gasteiger partial charge in [0.15, 0.2) is 0 Å². The average molecular weight is 278 g/mol. The van der Waals surface area contributed by atoms with Crippen molar-refractivity contribution >= 4 is 5.82 Å². The molecule has 112 valence electrons. The van der Waals surface area contributed by atoms with Gasteiger partial charge < -0.3 is 10.1 Å². The summed E-state index contributed by atoms with van der Waals surface area (Å²) < 4.78 is 5.67. The highest BCUT2D eigenvalue weighted by molar-refractivity contribution is 5.30. The lowest BCUT2D eigenvalue weighted by atomic mass is 10.1. The first-order valence-electron chi connectivity index (χ1n) is 7.70. The van der Waals surface area contributed by atoms with Crippen molar-refractivity contribution in [3.05, 3.63) is 18.1 Å². The van der Waals surface area contributed by atoms with E-state index in [4.69, 9.17) is 4.74 Å². The third kappa shape index (κ3) is 4.72. The predicted octanol–water partition coefficient (Wildman–Crippen LogP) is 2.30. The molecule has 1 aliphatic rings. The summed E-state index contributed by atoms with van der Waals surface area (Å²) in [6, 6.07) is 0. The van der Waals surface area contributed by atoms with Gasteiger partial charge in [-0.2, -0.15) is 0 Å². The summed E-state index contributed by atoms with van der Waals surface area (Å²) in [6.45, 7) is 9.03. The molecule has 1 N–H and O–H groups in total. The molecule has 0 amide bonds. The minimum Gasteiger partial charge on any atom is -0.378 e. The molecule has 0 saturated carbocycles. The lowest BCUT2D eigenvalue weighted by Gasteiger charge is -2.31. The summed E-state index contributed by atoms with van der Waals surface area (Å²) in [7, 11) is 0. The zero-order valence-corrected chi connectivity index (χ0v) is 12.6. The van der Waals surface area contributed by atoms with Crippen molar-refractivity contribution in [2.24, 2.45) is 0 Å². The van der Waals surface area contributed by atoms with Crippen molar-refractivity contribution in [1.29, 1.82) is 0 Å². The Kier molecular flexibility index (Phi) is 6.21. The van der Waals surface area contributed by atoms with E-state index in [9.17, 15) is 0 Å². The highest BCUT2D eigenvalue weighted by Gasteiger charge is 2.19. The number of likely N-dealkylation sites (tertiary alicyclic amines) is 1. The number of nitrogens with zero attached hydrogens (tertiary/aromatic N) is 3. The molecule has 20 heavy (non-hydrogen) atoms. The van der Waals surface area contributed by atoms with Crippen LogP contribution in [-0.2, 0) is 11.3 Å². The second-order valence-corrected chi connectivity index (χ2v) is 5.25. The number of hydrogen-bond donors (Lipinski definition) is 1. The first-order valence-corrected chi connectivity index (χ1v) is 7.70. The summed E-state index contributed by atoms with van der Waals surface area (Å²) in [5, 5.41) is 3.24. The van der Waals surface area contributed by atoms with Gasteiger partial charge in [0.05, 0.1) is 24.2 Å². The Morgan fingerprint density at radius 2 is 2.05 bits per heavy atom. The van der Waals surface area contributed by atoms with Crippen LogP contribution in [0.2, 0.25) is 0 Å². The fourth-order valence-electron chi connectivity index (χ4n) is 2.48. The van der Waals surface area contributed by atoms with Crippen LogP contribution in [0.15, 0.2) is 12.4 Å². The van der Waals surface area contributed by atoms with Gasteiger partial charge in [-0.05, 0) is 26.2 Å². The number of rotatable bonds is 7. The molecule has 1 aromatic rings. The standard InChI is InChI=1S/C15H26N4O/c1-3-7-16-15-11-17-13(10-18-15)12-19-8-5-14(6-9-19)20-4-2/h10-11,14H,3-9,12H2,1-2H3,(H,16,18). The summed E-state index contributed by atoms with van der Waals surface area (Å²) in [5.74, 6) is 0.866. The van der Waals surface area contributed by atoms with Gasteiger partial charge in [0, 0.05) is 32.8 Å². The van der Waals surface area contributed by atoms with Crippen LogP contribution >= 0.6 is 0 Å². The van der Waals surface area contributed by atoms with Gasteiger partial charge in [-0.15, -0.1) is 0 Å². The molecule has 0 aliphatic carbocycles. The Labute approximate surface area is 121 Å². The number of aromatic nitrogens is 2. The smallest absolute Gasteiger partial charge is 0.144 e. The van der Waals surface area contributed by atoms with Crippen molar-refractivity contribution in [2.45, 2.75) is 45.8 Å². The van der Waals surface area contributed by atoms with E-state index < -0.39 is 0 Å². The van der Waals surface area contributed by atoms with Crippen LogP contribution in [0.25, 0.3) is 0 Å². The maximum absolute atomic E-state index is 5.67. The third-order valence-corrected chi connectivity index (χ3v) is 3.58. The van der Waals surface area contributed by atoms with Gasteiger partial charge in [-0.3, -0.25) is 9.88 Å². The Bertz CT molecular complexity index is 374. The van der Waals surface area contributed by atoms with E-state index in [0.717, 1.165) is 63.6 Å². The van der Waals surface area contributed by atoms with Crippen molar-refractivity contribution in [2.75, 3.05) is 31.6 Å². The Hall–Kier alpha value is -1.20. The van der Waals surface area contributed by atoms with Crippen molar-refractivity contribution < 1.29 is 4.74 Å². The zero-order chi connectivity index (χ0) is 14.2. The van der Waals surface area contributed by atoms with Crippen LogP contribution < -0.4 is 5.32 Å². The van der Waals surface area contributed by atoms with E-state index in [1.54, 1.807) is 0 Å². The normalized spacial score (nSPS) is 17.3. The number of piperidine rings is 1. The van der Waals surface area contributed by atoms with Crippen LogP contribution in [0.4, 0.5) is 5.82 Å². The molecule has 2 rings (SSSR count). The van der Waals surface area contributed by atoms with Crippen LogP contribution in [-0.4, -0.2) is 47.2 Å². The topological polar surface area (TPSA) is 50.3 Å². The molecule has 0 spiro atoms. The lowest BCUT2D eigenvalue weighted by molar-refractivity contribution is 0.0122. The molecule has 5 nitrogen and oxygen atoms in total. The second-order valence-electron chi connectivity index (χ2n) is 5.25. The fraction of sp³-hybridized carbons (Fsp3) is 0.733. The Balaban J connectivity index is 1.76. The molecule has 2 heterocycles. The van der Waals surface area contributed by atoms with Gasteiger partial charge in [0.25, 0.3) is 0 Å². The van der Waals surface area contributed by atoms with E-state index in [2.05, 4.69) is 34.0 Å². The van der Waals surface area contributed by atoms with Crippen LogP contribution in [0.1, 0.15) is 38.8 Å². The van der Waals surface area contributed by atoms with Gasteiger partial charge >= 0.3 is 0 Å². The summed E-state index contributed by atoms with van der Waals surface area (Å²) in [5.41, 5.74) is 1.04. The average Bonchev–Trinajstić information content (AvgIpc) is 2.49. The number of anilines is 1. The minimum absolute atomic E-state index is 0.447. The van der Waals surface area contributed by atoms with E-state index in [-0.39, 0.29) is 0 Å². The molecule has 1 fully saturated rings. The van der Waals surface area contributed by atoms with Gasteiger partial charge in [0.1, 0.15) is 5.82 Å². The summed E-state index contributed by atoms with van der Waals surface area (Å²) in [4.78, 5) is 11.3. The summed E-state index contributed by atoms with van der Waals surface area (Å²) >= 11 is 0. The van der Waals surface area contributed by atoms with E-state index in [1.807, 2.05) is 12.4 Å². The van der Waals surface area contributed by atoms with E-state index in [0.29, 0.717) is 6.10 Å². The molecule has 1 aliphatic heterocycles. The van der Waals surface area contributed by atoms with Crippen LogP contribution in [0.3, 0.4) is 0 Å². The molecule has 0 unspecified atom stereocenters. The molecule has 0 radical (unpaired) electrons. The minimum atomic E-state index is 0.447.